The summed E-state index contributed by atoms with van der Waals surface area (Å²) in [6.07, 6.45) is 3.28. The van der Waals surface area contributed by atoms with E-state index < -0.39 is 5.97 Å². The molecule has 0 spiro atoms. The number of pyridine rings is 1. The largest absolute Gasteiger partial charge is 0.465 e. The van der Waals surface area contributed by atoms with Gasteiger partial charge in [-0.3, -0.25) is 4.79 Å². The number of ether oxygens (including phenoxy) is 1. The van der Waals surface area contributed by atoms with E-state index >= 15 is 0 Å². The fourth-order valence-electron chi connectivity index (χ4n) is 1.65. The second-order valence-electron chi connectivity index (χ2n) is 4.00. The maximum Gasteiger partial charge on any atom is 0.341 e. The number of hydrogen-bond acceptors (Lipinski definition) is 4. The Morgan fingerprint density at radius 1 is 1.59 bits per heavy atom. The van der Waals surface area contributed by atoms with Gasteiger partial charge < -0.3 is 15.0 Å². The van der Waals surface area contributed by atoms with E-state index in [-0.39, 0.29) is 5.56 Å². The average Bonchev–Trinajstić information content (AvgIpc) is 2.26. The minimum atomic E-state index is -0.469. The number of carbonyl (C=O) groups excluding carboxylic acids is 1. The molecular weight excluding hydrogens is 288 g/mol. The van der Waals surface area contributed by atoms with Crippen molar-refractivity contribution in [3.63, 3.8) is 0 Å². The molecule has 0 saturated heterocycles. The zero-order valence-corrected chi connectivity index (χ0v) is 11.0. The number of carbonyl (C=O) groups is 1. The van der Waals surface area contributed by atoms with Crippen molar-refractivity contribution in [2.24, 2.45) is 0 Å². The van der Waals surface area contributed by atoms with Crippen LogP contribution in [0.5, 0.6) is 0 Å². The van der Waals surface area contributed by atoms with Crippen LogP contribution in [0.3, 0.4) is 0 Å². The third kappa shape index (κ3) is 2.52. The molecule has 1 aliphatic rings. The van der Waals surface area contributed by atoms with Crippen LogP contribution in [-0.2, 0) is 4.74 Å². The number of aromatic amines is 1. The molecule has 6 heteroatoms. The summed E-state index contributed by atoms with van der Waals surface area (Å²) in [5.74, 6) is -0.0291. The Balaban J connectivity index is 2.35. The molecular formula is C11H13BrN2O3. The van der Waals surface area contributed by atoms with Crippen LogP contribution in [0.2, 0.25) is 0 Å². The molecule has 0 amide bonds. The molecule has 1 saturated carbocycles. The SMILES string of the molecule is COC(=O)c1cc(Br)c(=O)[nH]c1NC1CCC1. The third-order valence-electron chi connectivity index (χ3n) is 2.85. The van der Waals surface area contributed by atoms with Gasteiger partial charge in [0.2, 0.25) is 0 Å². The maximum absolute atomic E-state index is 11.6. The van der Waals surface area contributed by atoms with E-state index in [9.17, 15) is 9.59 Å². The first kappa shape index (κ1) is 12.2. The van der Waals surface area contributed by atoms with Crippen LogP contribution in [0.1, 0.15) is 29.6 Å². The molecule has 1 fully saturated rings. The molecule has 0 atom stereocenters. The molecule has 0 aromatic carbocycles. The molecule has 2 rings (SSSR count). The number of rotatable bonds is 3. The highest BCUT2D eigenvalue weighted by atomic mass is 79.9. The average molecular weight is 301 g/mol. The smallest absolute Gasteiger partial charge is 0.341 e. The van der Waals surface area contributed by atoms with E-state index in [1.165, 1.54) is 19.6 Å². The van der Waals surface area contributed by atoms with Crippen molar-refractivity contribution in [1.82, 2.24) is 4.98 Å². The summed E-state index contributed by atoms with van der Waals surface area (Å²) in [7, 11) is 1.31. The van der Waals surface area contributed by atoms with Gasteiger partial charge in [0.1, 0.15) is 11.4 Å². The fraction of sp³-hybridized carbons (Fsp3) is 0.455. The Labute approximate surface area is 107 Å². The van der Waals surface area contributed by atoms with Crippen molar-refractivity contribution in [2.75, 3.05) is 12.4 Å². The van der Waals surface area contributed by atoms with E-state index in [1.54, 1.807) is 0 Å². The predicted molar refractivity (Wildman–Crippen MR) is 67.4 cm³/mol. The van der Waals surface area contributed by atoms with Gasteiger partial charge >= 0.3 is 5.97 Å². The normalized spacial score (nSPS) is 15.2. The molecule has 0 bridgehead atoms. The number of methoxy groups -OCH3 is 1. The summed E-state index contributed by atoms with van der Waals surface area (Å²) >= 11 is 3.10. The lowest BCUT2D eigenvalue weighted by Crippen LogP contribution is -2.30. The van der Waals surface area contributed by atoms with Gasteiger partial charge in [-0.2, -0.15) is 0 Å². The lowest BCUT2D eigenvalue weighted by atomic mass is 9.93. The van der Waals surface area contributed by atoms with Gasteiger partial charge in [0, 0.05) is 6.04 Å². The lowest BCUT2D eigenvalue weighted by molar-refractivity contribution is 0.0601. The van der Waals surface area contributed by atoms with E-state index in [2.05, 4.69) is 31.0 Å². The van der Waals surface area contributed by atoms with Gasteiger partial charge in [-0.1, -0.05) is 0 Å². The molecule has 92 valence electrons. The van der Waals surface area contributed by atoms with Crippen LogP contribution in [-0.4, -0.2) is 24.1 Å². The second kappa shape index (κ2) is 4.91. The molecule has 1 aromatic rings. The molecule has 2 N–H and O–H groups in total. The van der Waals surface area contributed by atoms with Crippen molar-refractivity contribution in [2.45, 2.75) is 25.3 Å². The van der Waals surface area contributed by atoms with Crippen LogP contribution < -0.4 is 10.9 Å². The number of H-pyrrole nitrogens is 1. The summed E-state index contributed by atoms with van der Waals surface area (Å²) < 4.78 is 5.00. The highest BCUT2D eigenvalue weighted by molar-refractivity contribution is 9.10. The molecule has 5 nitrogen and oxygen atoms in total. The van der Waals surface area contributed by atoms with E-state index in [1.807, 2.05) is 0 Å². The Kier molecular flexibility index (Phi) is 3.51. The minimum absolute atomic E-state index is 0.264. The van der Waals surface area contributed by atoms with Gasteiger partial charge in [-0.15, -0.1) is 0 Å². The molecule has 1 heterocycles. The highest BCUT2D eigenvalue weighted by Crippen LogP contribution is 2.24. The monoisotopic (exact) mass is 300 g/mol. The predicted octanol–water partition coefficient (Wildman–Crippen LogP) is 1.89. The van der Waals surface area contributed by atoms with Crippen molar-refractivity contribution in [3.05, 3.63) is 26.5 Å². The summed E-state index contributed by atoms with van der Waals surface area (Å²) in [6.45, 7) is 0. The van der Waals surface area contributed by atoms with Gasteiger partial charge in [-0.05, 0) is 41.3 Å². The van der Waals surface area contributed by atoms with Crippen LogP contribution in [0.15, 0.2) is 15.3 Å². The number of nitrogens with one attached hydrogen (secondary N) is 2. The number of halogens is 1. The second-order valence-corrected chi connectivity index (χ2v) is 4.85. The van der Waals surface area contributed by atoms with Crippen LogP contribution in [0, 0.1) is 0 Å². The Morgan fingerprint density at radius 2 is 2.29 bits per heavy atom. The zero-order chi connectivity index (χ0) is 12.4. The minimum Gasteiger partial charge on any atom is -0.465 e. The van der Waals surface area contributed by atoms with Gasteiger partial charge in [0.15, 0.2) is 0 Å². The van der Waals surface area contributed by atoms with Crippen LogP contribution >= 0.6 is 15.9 Å². The number of anilines is 1. The van der Waals surface area contributed by atoms with Gasteiger partial charge in [-0.25, -0.2) is 4.79 Å². The molecule has 17 heavy (non-hydrogen) atoms. The number of esters is 1. The van der Waals surface area contributed by atoms with Crippen molar-refractivity contribution < 1.29 is 9.53 Å². The van der Waals surface area contributed by atoms with Crippen molar-refractivity contribution in [1.29, 1.82) is 0 Å². The van der Waals surface area contributed by atoms with Crippen LogP contribution in [0.4, 0.5) is 5.82 Å². The molecule has 0 unspecified atom stereocenters. The number of hydrogen-bond donors (Lipinski definition) is 2. The fourth-order valence-corrected chi connectivity index (χ4v) is 1.97. The summed E-state index contributed by atoms with van der Waals surface area (Å²) in [4.78, 5) is 25.7. The van der Waals surface area contributed by atoms with E-state index in [0.717, 1.165) is 12.8 Å². The first-order chi connectivity index (χ1) is 8.11. The maximum atomic E-state index is 11.6. The molecule has 1 aromatic heterocycles. The molecule has 0 radical (unpaired) electrons. The van der Waals surface area contributed by atoms with E-state index in [0.29, 0.717) is 21.9 Å². The van der Waals surface area contributed by atoms with Gasteiger partial charge in [0.05, 0.1) is 11.6 Å². The molecule has 0 aliphatic heterocycles. The Hall–Kier alpha value is -1.30. The number of aromatic nitrogens is 1. The van der Waals surface area contributed by atoms with Crippen molar-refractivity contribution in [3.8, 4) is 0 Å². The molecule has 1 aliphatic carbocycles. The zero-order valence-electron chi connectivity index (χ0n) is 9.38. The summed E-state index contributed by atoms with van der Waals surface area (Å²) in [5, 5.41) is 3.15. The van der Waals surface area contributed by atoms with E-state index in [4.69, 9.17) is 0 Å². The highest BCUT2D eigenvalue weighted by Gasteiger charge is 2.21. The summed E-state index contributed by atoms with van der Waals surface area (Å²) in [6, 6.07) is 1.81. The summed E-state index contributed by atoms with van der Waals surface area (Å²) in [5.41, 5.74) is 0.0744. The Morgan fingerprint density at radius 3 is 2.82 bits per heavy atom. The third-order valence-corrected chi connectivity index (χ3v) is 3.44. The van der Waals surface area contributed by atoms with Crippen molar-refractivity contribution >= 4 is 27.7 Å². The quantitative estimate of drug-likeness (QED) is 0.836. The van der Waals surface area contributed by atoms with Crippen LogP contribution in [0.25, 0.3) is 0 Å². The standard InChI is InChI=1S/C11H13BrN2O3/c1-17-11(16)7-5-8(12)10(15)14-9(7)13-6-3-2-4-6/h5-6H,2-4H2,1H3,(H2,13,14,15). The first-order valence-electron chi connectivity index (χ1n) is 5.39. The lowest BCUT2D eigenvalue weighted by Gasteiger charge is -2.27. The topological polar surface area (TPSA) is 71.2 Å². The van der Waals surface area contributed by atoms with Gasteiger partial charge in [0.25, 0.3) is 5.56 Å². The Bertz CT molecular complexity index is 494. The first-order valence-corrected chi connectivity index (χ1v) is 6.19.